The van der Waals surface area contributed by atoms with Gasteiger partial charge in [-0.3, -0.25) is 9.78 Å². The maximum Gasteiger partial charge on any atom is 0.410 e. The number of Topliss-reactive ketones (excluding diaryl/α,β-unsaturated/α-hetero) is 1. The number of rotatable bonds is 2. The Balaban J connectivity index is 1.99. The first-order chi connectivity index (χ1) is 9.76. The number of ether oxygens (including phenoxy) is 1. The third-order valence-corrected chi connectivity index (χ3v) is 3.20. The van der Waals surface area contributed by atoms with Gasteiger partial charge >= 0.3 is 6.09 Å². The van der Waals surface area contributed by atoms with Crippen molar-refractivity contribution < 1.29 is 18.7 Å². The summed E-state index contributed by atoms with van der Waals surface area (Å²) in [5.74, 6) is -1.06. The van der Waals surface area contributed by atoms with Crippen molar-refractivity contribution in [3.05, 3.63) is 29.8 Å². The number of halogens is 1. The first kappa shape index (κ1) is 15.4. The topological polar surface area (TPSA) is 59.5 Å². The van der Waals surface area contributed by atoms with Crippen LogP contribution in [-0.2, 0) is 4.74 Å². The van der Waals surface area contributed by atoms with Crippen LogP contribution < -0.4 is 0 Å². The minimum atomic E-state index is -0.564. The summed E-state index contributed by atoms with van der Waals surface area (Å²) in [5.41, 5.74) is -0.322. The molecule has 1 amide bonds. The van der Waals surface area contributed by atoms with Crippen LogP contribution in [0.25, 0.3) is 0 Å². The molecule has 1 aromatic rings. The molecule has 1 aliphatic rings. The Bertz CT molecular complexity index is 554. The average Bonchev–Trinajstić information content (AvgIpc) is 2.85. The van der Waals surface area contributed by atoms with Gasteiger partial charge in [0.25, 0.3) is 0 Å². The molecule has 1 atom stereocenters. The molecule has 21 heavy (non-hydrogen) atoms. The Morgan fingerprint density at radius 1 is 1.38 bits per heavy atom. The van der Waals surface area contributed by atoms with E-state index in [9.17, 15) is 14.0 Å². The van der Waals surface area contributed by atoms with Gasteiger partial charge in [0, 0.05) is 30.8 Å². The summed E-state index contributed by atoms with van der Waals surface area (Å²) in [7, 11) is 0. The van der Waals surface area contributed by atoms with E-state index in [-0.39, 0.29) is 17.3 Å². The molecular weight excluding hydrogens is 275 g/mol. The second kappa shape index (κ2) is 5.79. The lowest BCUT2D eigenvalue weighted by molar-refractivity contribution is 0.0289. The molecule has 0 aromatic carbocycles. The summed E-state index contributed by atoms with van der Waals surface area (Å²) in [6, 6.07) is 1.17. The van der Waals surface area contributed by atoms with Gasteiger partial charge in [-0.2, -0.15) is 0 Å². The van der Waals surface area contributed by atoms with E-state index in [4.69, 9.17) is 4.74 Å². The number of nitrogens with zero attached hydrogens (tertiary/aromatic N) is 2. The first-order valence-electron chi connectivity index (χ1n) is 6.89. The standard InChI is InChI=1S/C15H19FN2O3/c1-15(2,3)21-14(20)18-5-4-10(9-18)13(19)11-6-12(16)8-17-7-11/h6-8,10H,4-5,9H2,1-3H3. The van der Waals surface area contributed by atoms with E-state index < -0.39 is 17.5 Å². The zero-order valence-electron chi connectivity index (χ0n) is 12.4. The fraction of sp³-hybridized carbons (Fsp3) is 0.533. The number of hydrogen-bond acceptors (Lipinski definition) is 4. The van der Waals surface area contributed by atoms with Crippen LogP contribution in [0, 0.1) is 11.7 Å². The minimum Gasteiger partial charge on any atom is -0.444 e. The molecule has 1 fully saturated rings. The summed E-state index contributed by atoms with van der Waals surface area (Å²) in [6.45, 7) is 6.14. The second-order valence-corrected chi connectivity index (χ2v) is 6.17. The van der Waals surface area contributed by atoms with Crippen LogP contribution in [0.5, 0.6) is 0 Å². The summed E-state index contributed by atoms with van der Waals surface area (Å²) in [4.78, 5) is 29.4. The van der Waals surface area contributed by atoms with Gasteiger partial charge in [-0.05, 0) is 33.3 Å². The normalized spacial score (nSPS) is 18.7. The molecule has 2 rings (SSSR count). The highest BCUT2D eigenvalue weighted by Crippen LogP contribution is 2.23. The van der Waals surface area contributed by atoms with Crippen molar-refractivity contribution in [2.45, 2.75) is 32.8 Å². The monoisotopic (exact) mass is 294 g/mol. The highest BCUT2D eigenvalue weighted by molar-refractivity contribution is 5.98. The Hall–Kier alpha value is -1.98. The summed E-state index contributed by atoms with van der Waals surface area (Å²) in [5, 5.41) is 0. The highest BCUT2D eigenvalue weighted by Gasteiger charge is 2.33. The van der Waals surface area contributed by atoms with Crippen molar-refractivity contribution in [1.29, 1.82) is 0 Å². The lowest BCUT2D eigenvalue weighted by Crippen LogP contribution is -2.35. The summed E-state index contributed by atoms with van der Waals surface area (Å²) >= 11 is 0. The second-order valence-electron chi connectivity index (χ2n) is 6.17. The fourth-order valence-electron chi connectivity index (χ4n) is 2.25. The van der Waals surface area contributed by atoms with Crippen LogP contribution in [0.2, 0.25) is 0 Å². The van der Waals surface area contributed by atoms with Crippen molar-refractivity contribution in [3.63, 3.8) is 0 Å². The van der Waals surface area contributed by atoms with E-state index in [1.165, 1.54) is 17.2 Å². The van der Waals surface area contributed by atoms with Crippen molar-refractivity contribution in [1.82, 2.24) is 9.88 Å². The van der Waals surface area contributed by atoms with Crippen LogP contribution in [0.3, 0.4) is 0 Å². The lowest BCUT2D eigenvalue weighted by atomic mass is 9.98. The average molecular weight is 294 g/mol. The number of ketones is 1. The molecule has 114 valence electrons. The van der Waals surface area contributed by atoms with Gasteiger partial charge in [0.15, 0.2) is 5.78 Å². The lowest BCUT2D eigenvalue weighted by Gasteiger charge is -2.24. The Kier molecular flexibility index (Phi) is 4.25. The van der Waals surface area contributed by atoms with Gasteiger partial charge in [-0.15, -0.1) is 0 Å². The molecule has 5 nitrogen and oxygen atoms in total. The van der Waals surface area contributed by atoms with Gasteiger partial charge in [-0.1, -0.05) is 0 Å². The minimum absolute atomic E-state index is 0.187. The number of amides is 1. The van der Waals surface area contributed by atoms with Gasteiger partial charge < -0.3 is 9.64 Å². The molecule has 2 heterocycles. The van der Waals surface area contributed by atoms with E-state index in [0.29, 0.717) is 19.5 Å². The molecule has 0 N–H and O–H groups in total. The van der Waals surface area contributed by atoms with E-state index in [0.717, 1.165) is 6.20 Å². The number of hydrogen-bond donors (Lipinski definition) is 0. The van der Waals surface area contributed by atoms with Gasteiger partial charge in [0.2, 0.25) is 0 Å². The molecule has 0 bridgehead atoms. The maximum atomic E-state index is 13.1. The molecule has 6 heteroatoms. The van der Waals surface area contributed by atoms with E-state index in [1.54, 1.807) is 20.8 Å². The smallest absolute Gasteiger partial charge is 0.410 e. The number of carbonyl (C=O) groups excluding carboxylic acids is 2. The van der Waals surface area contributed by atoms with Crippen molar-refractivity contribution >= 4 is 11.9 Å². The third kappa shape index (κ3) is 4.00. The van der Waals surface area contributed by atoms with Gasteiger partial charge in [-0.25, -0.2) is 9.18 Å². The first-order valence-corrected chi connectivity index (χ1v) is 6.89. The Labute approximate surface area is 123 Å². The molecule has 0 spiro atoms. The van der Waals surface area contributed by atoms with Crippen LogP contribution in [-0.4, -0.2) is 40.5 Å². The molecule has 0 saturated carbocycles. The molecular formula is C15H19FN2O3. The van der Waals surface area contributed by atoms with Crippen LogP contribution in [0.15, 0.2) is 18.5 Å². The Morgan fingerprint density at radius 3 is 2.71 bits per heavy atom. The van der Waals surface area contributed by atoms with Crippen LogP contribution in [0.4, 0.5) is 9.18 Å². The predicted molar refractivity (Wildman–Crippen MR) is 74.4 cm³/mol. The zero-order chi connectivity index (χ0) is 15.6. The molecule has 1 saturated heterocycles. The van der Waals surface area contributed by atoms with Crippen molar-refractivity contribution in [3.8, 4) is 0 Å². The van der Waals surface area contributed by atoms with Crippen molar-refractivity contribution in [2.24, 2.45) is 5.92 Å². The van der Waals surface area contributed by atoms with Crippen LogP contribution in [0.1, 0.15) is 37.6 Å². The predicted octanol–water partition coefficient (Wildman–Crippen LogP) is 2.66. The zero-order valence-corrected chi connectivity index (χ0v) is 12.4. The molecule has 0 radical (unpaired) electrons. The molecule has 1 aromatic heterocycles. The molecule has 0 aliphatic carbocycles. The highest BCUT2D eigenvalue weighted by atomic mass is 19.1. The number of carbonyl (C=O) groups is 2. The van der Waals surface area contributed by atoms with E-state index >= 15 is 0 Å². The quantitative estimate of drug-likeness (QED) is 0.787. The summed E-state index contributed by atoms with van der Waals surface area (Å²) in [6.07, 6.45) is 2.53. The largest absolute Gasteiger partial charge is 0.444 e. The van der Waals surface area contributed by atoms with E-state index in [2.05, 4.69) is 4.98 Å². The molecule has 1 aliphatic heterocycles. The third-order valence-electron chi connectivity index (χ3n) is 3.20. The molecule has 1 unspecified atom stereocenters. The summed E-state index contributed by atoms with van der Waals surface area (Å²) < 4.78 is 18.4. The van der Waals surface area contributed by atoms with Crippen molar-refractivity contribution in [2.75, 3.05) is 13.1 Å². The van der Waals surface area contributed by atoms with Gasteiger partial charge in [0.05, 0.1) is 6.20 Å². The van der Waals surface area contributed by atoms with Crippen LogP contribution >= 0.6 is 0 Å². The Morgan fingerprint density at radius 2 is 2.10 bits per heavy atom. The number of aromatic nitrogens is 1. The maximum absolute atomic E-state index is 13.1. The number of likely N-dealkylation sites (tertiary alicyclic amines) is 1. The fourth-order valence-corrected chi connectivity index (χ4v) is 2.25. The SMILES string of the molecule is CC(C)(C)OC(=O)N1CCC(C(=O)c2cncc(F)c2)C1. The number of pyridine rings is 1. The van der Waals surface area contributed by atoms with Gasteiger partial charge in [0.1, 0.15) is 11.4 Å². The van der Waals surface area contributed by atoms with E-state index in [1.807, 2.05) is 0 Å².